The average molecular weight is 525 g/mol. The van der Waals surface area contributed by atoms with Crippen molar-refractivity contribution in [3.05, 3.63) is 157 Å². The van der Waals surface area contributed by atoms with Crippen molar-refractivity contribution in [3.8, 4) is 0 Å². The van der Waals surface area contributed by atoms with Crippen molar-refractivity contribution in [2.45, 2.75) is 18.0 Å². The molecule has 0 fully saturated rings. The van der Waals surface area contributed by atoms with Crippen molar-refractivity contribution in [1.82, 2.24) is 0 Å². The minimum Gasteiger partial charge on any atom is -0.744 e. The molecular weight excluding hydrogens is 495 g/mol. The highest BCUT2D eigenvalue weighted by atomic mass is 32.2. The number of benzene rings is 5. The Labute approximate surface area is 220 Å². The Bertz CT molecular complexity index is 1410. The van der Waals surface area contributed by atoms with Crippen molar-refractivity contribution in [1.29, 1.82) is 0 Å². The van der Waals surface area contributed by atoms with Crippen molar-refractivity contribution in [2.24, 2.45) is 0 Å². The highest BCUT2D eigenvalue weighted by Gasteiger charge is 2.45. The van der Waals surface area contributed by atoms with Crippen molar-refractivity contribution in [3.63, 3.8) is 0 Å². The summed E-state index contributed by atoms with van der Waals surface area (Å²) in [6, 6.07) is 50.1. The summed E-state index contributed by atoms with van der Waals surface area (Å²) in [7, 11) is -6.06. The van der Waals surface area contributed by atoms with Gasteiger partial charge in [-0.3, -0.25) is 0 Å². The first-order valence-corrected chi connectivity index (χ1v) is 15.4. The van der Waals surface area contributed by atoms with Gasteiger partial charge in [0.1, 0.15) is 33.3 Å². The molecule has 0 aliphatic rings. The molecule has 0 spiro atoms. The Kier molecular flexibility index (Phi) is 8.68. The zero-order valence-electron chi connectivity index (χ0n) is 20.6. The van der Waals surface area contributed by atoms with Crippen molar-refractivity contribution in [2.75, 3.05) is 0 Å². The Balaban J connectivity index is 0.000000245. The molecule has 0 atom stereocenters. The third-order valence-corrected chi connectivity index (χ3v) is 11.6. The Morgan fingerprint density at radius 1 is 0.541 bits per heavy atom. The van der Waals surface area contributed by atoms with E-state index in [4.69, 9.17) is 0 Å². The summed E-state index contributed by atoms with van der Waals surface area (Å²) in [5.74, 6) is 0. The summed E-state index contributed by atoms with van der Waals surface area (Å²) in [5, 5.41) is 4.30. The zero-order valence-corrected chi connectivity index (χ0v) is 22.4. The van der Waals surface area contributed by atoms with Crippen LogP contribution < -0.4 is 15.9 Å². The van der Waals surface area contributed by atoms with E-state index in [0.717, 1.165) is 6.16 Å². The van der Waals surface area contributed by atoms with Crippen LogP contribution >= 0.6 is 7.26 Å². The molecule has 0 heterocycles. The first kappa shape index (κ1) is 26.5. The highest BCUT2D eigenvalue weighted by molar-refractivity contribution is 7.95. The van der Waals surface area contributed by atoms with Crippen LogP contribution in [0, 0.1) is 6.92 Å². The quantitative estimate of drug-likeness (QED) is 0.200. The fourth-order valence-corrected chi connectivity index (χ4v) is 9.41. The number of aryl methyl sites for hydroxylation is 1. The highest BCUT2D eigenvalue weighted by Crippen LogP contribution is 2.58. The van der Waals surface area contributed by atoms with Crippen molar-refractivity contribution < 1.29 is 13.0 Å². The van der Waals surface area contributed by atoms with Crippen LogP contribution in [0.4, 0.5) is 0 Å². The average Bonchev–Trinajstić information content (AvgIpc) is 2.94. The molecule has 5 aromatic rings. The maximum Gasteiger partial charge on any atom is 0.124 e. The molecule has 0 N–H and O–H groups in total. The molecule has 0 saturated heterocycles. The van der Waals surface area contributed by atoms with Crippen LogP contribution in [0.15, 0.2) is 150 Å². The molecule has 0 unspecified atom stereocenters. The van der Waals surface area contributed by atoms with Gasteiger partial charge in [0.05, 0.1) is 11.1 Å². The van der Waals surface area contributed by atoms with Gasteiger partial charge in [0, 0.05) is 0 Å². The van der Waals surface area contributed by atoms with Crippen LogP contribution in [0.1, 0.15) is 11.1 Å². The normalized spacial score (nSPS) is 11.3. The minimum atomic E-state index is -4.28. The molecule has 5 aromatic carbocycles. The predicted molar refractivity (Wildman–Crippen MR) is 154 cm³/mol. The van der Waals surface area contributed by atoms with Crippen LogP contribution in [0.25, 0.3) is 0 Å². The van der Waals surface area contributed by atoms with E-state index in [1.807, 2.05) is 0 Å². The van der Waals surface area contributed by atoms with Crippen LogP contribution in [-0.2, 0) is 16.3 Å². The molecule has 5 rings (SSSR count). The number of rotatable bonds is 6. The van der Waals surface area contributed by atoms with E-state index in [2.05, 4.69) is 121 Å². The molecule has 0 aliphatic heterocycles. The third kappa shape index (κ3) is 6.42. The fourth-order valence-electron chi connectivity index (χ4n) is 4.46. The van der Waals surface area contributed by atoms with E-state index in [-0.39, 0.29) is 4.90 Å². The van der Waals surface area contributed by atoms with Gasteiger partial charge in [0.2, 0.25) is 0 Å². The first-order valence-electron chi connectivity index (χ1n) is 12.0. The molecule has 0 saturated carbocycles. The maximum atomic E-state index is 10.5. The molecule has 186 valence electrons. The fraction of sp³-hybridized carbons (Fsp3) is 0.0625. The van der Waals surface area contributed by atoms with Crippen LogP contribution in [0.5, 0.6) is 0 Å². The summed E-state index contributed by atoms with van der Waals surface area (Å²) in [6.45, 7) is 1.59. The molecule has 5 heteroatoms. The van der Waals surface area contributed by atoms with Gasteiger partial charge in [-0.1, -0.05) is 103 Å². The van der Waals surface area contributed by atoms with E-state index < -0.39 is 17.4 Å². The van der Waals surface area contributed by atoms with Gasteiger partial charge in [0.15, 0.2) is 0 Å². The van der Waals surface area contributed by atoms with Gasteiger partial charge >= 0.3 is 0 Å². The second-order valence-electron chi connectivity index (χ2n) is 8.68. The van der Waals surface area contributed by atoms with E-state index >= 15 is 0 Å². The monoisotopic (exact) mass is 524 g/mol. The second kappa shape index (κ2) is 12.1. The smallest absolute Gasteiger partial charge is 0.124 e. The summed E-state index contributed by atoms with van der Waals surface area (Å²) in [5.41, 5.74) is 1.87. The van der Waals surface area contributed by atoms with Gasteiger partial charge in [-0.2, -0.15) is 0 Å². The molecule has 0 radical (unpaired) electrons. The van der Waals surface area contributed by atoms with E-state index in [9.17, 15) is 13.0 Å². The SMILES string of the molecule is Cc1ccccc1S(=O)(=O)[O-].c1ccc(C[P+](c2ccccc2)(c2ccccc2)c2ccccc2)cc1. The second-order valence-corrected chi connectivity index (χ2v) is 13.5. The summed E-state index contributed by atoms with van der Waals surface area (Å²) >= 11 is 0. The van der Waals surface area contributed by atoms with Gasteiger partial charge < -0.3 is 4.55 Å². The van der Waals surface area contributed by atoms with Gasteiger partial charge in [-0.25, -0.2) is 8.42 Å². The van der Waals surface area contributed by atoms with Gasteiger partial charge in [-0.05, 0) is 60.5 Å². The topological polar surface area (TPSA) is 57.2 Å². The zero-order chi connectivity index (χ0) is 26.1. The summed E-state index contributed by atoms with van der Waals surface area (Å²) < 4.78 is 31.5. The number of hydrogen-bond donors (Lipinski definition) is 0. The molecule has 37 heavy (non-hydrogen) atoms. The molecule has 3 nitrogen and oxygen atoms in total. The molecule has 0 aromatic heterocycles. The Morgan fingerprint density at radius 2 is 0.892 bits per heavy atom. The molecule has 0 bridgehead atoms. The van der Waals surface area contributed by atoms with E-state index in [0.29, 0.717) is 5.56 Å². The van der Waals surface area contributed by atoms with E-state index in [1.54, 1.807) is 19.1 Å². The minimum absolute atomic E-state index is 0.139. The molecule has 0 amide bonds. The third-order valence-electron chi connectivity index (χ3n) is 6.22. The lowest BCUT2D eigenvalue weighted by molar-refractivity contribution is 0.462. The van der Waals surface area contributed by atoms with Crippen LogP contribution in [0.3, 0.4) is 0 Å². The summed E-state index contributed by atoms with van der Waals surface area (Å²) in [4.78, 5) is -0.139. The lowest BCUT2D eigenvalue weighted by Gasteiger charge is -2.27. The lowest BCUT2D eigenvalue weighted by Crippen LogP contribution is -2.32. The Morgan fingerprint density at radius 3 is 1.24 bits per heavy atom. The lowest BCUT2D eigenvalue weighted by atomic mass is 10.2. The van der Waals surface area contributed by atoms with Crippen molar-refractivity contribution >= 4 is 33.3 Å². The van der Waals surface area contributed by atoms with Crippen LogP contribution in [-0.4, -0.2) is 13.0 Å². The molecule has 0 aliphatic carbocycles. The van der Waals surface area contributed by atoms with Gasteiger partial charge in [-0.15, -0.1) is 0 Å². The standard InChI is InChI=1S/C25H22P.C7H8O3S/c1-5-13-22(14-6-1)21-26(23-15-7-2-8-16-23,24-17-9-3-10-18-24)25-19-11-4-12-20-25;1-6-4-2-3-5-7(6)11(8,9)10/h1-20H,21H2;2-5H,1H3,(H,8,9,10)/q+1;/p-1. The largest absolute Gasteiger partial charge is 0.744 e. The maximum absolute atomic E-state index is 10.5. The van der Waals surface area contributed by atoms with E-state index in [1.165, 1.54) is 33.6 Å². The summed E-state index contributed by atoms with van der Waals surface area (Å²) in [6.07, 6.45) is 1.03. The van der Waals surface area contributed by atoms with Gasteiger partial charge in [0.25, 0.3) is 0 Å². The predicted octanol–water partition coefficient (Wildman–Crippen LogP) is 6.08. The Hall–Kier alpha value is -3.56. The first-order chi connectivity index (χ1) is 17.9. The van der Waals surface area contributed by atoms with Crippen LogP contribution in [0.2, 0.25) is 0 Å². The molecular formula is C32H29O3PS. The number of hydrogen-bond acceptors (Lipinski definition) is 3.